The molecule has 0 saturated carbocycles. The van der Waals surface area contributed by atoms with Crippen LogP contribution in [0.1, 0.15) is 12.8 Å². The highest BCUT2D eigenvalue weighted by atomic mass is 35.5. The van der Waals surface area contributed by atoms with E-state index in [0.717, 1.165) is 0 Å². The van der Waals surface area contributed by atoms with Crippen molar-refractivity contribution in [2.45, 2.75) is 17.7 Å². The summed E-state index contributed by atoms with van der Waals surface area (Å²) in [4.78, 5) is 10.3. The number of aliphatic carboxylic acids is 1. The molecule has 0 radical (unpaired) electrons. The molecule has 0 unspecified atom stereocenters. The summed E-state index contributed by atoms with van der Waals surface area (Å²) in [6, 6.07) is 4.39. The van der Waals surface area contributed by atoms with Crippen molar-refractivity contribution in [1.82, 2.24) is 5.32 Å². The van der Waals surface area contributed by atoms with Crippen LogP contribution >= 0.6 is 23.2 Å². The number of hydrogen-bond acceptors (Lipinski definition) is 4. The van der Waals surface area contributed by atoms with Gasteiger partial charge in [0.1, 0.15) is 5.88 Å². The molecule has 0 atom stereocenters. The van der Waals surface area contributed by atoms with E-state index in [0.29, 0.717) is 13.0 Å². The van der Waals surface area contributed by atoms with E-state index in [1.165, 1.54) is 18.2 Å². The van der Waals surface area contributed by atoms with Crippen molar-refractivity contribution < 1.29 is 18.3 Å². The van der Waals surface area contributed by atoms with E-state index in [4.69, 9.17) is 28.3 Å². The zero-order valence-electron chi connectivity index (χ0n) is 9.90. The van der Waals surface area contributed by atoms with Gasteiger partial charge in [0.05, 0.1) is 14.9 Å². The average molecular weight is 326 g/mol. The number of sulfone groups is 1. The second kappa shape index (κ2) is 7.09. The molecule has 0 aliphatic rings. The number of halogens is 2. The maximum Gasteiger partial charge on any atom is 0.303 e. The molecule has 1 aromatic rings. The van der Waals surface area contributed by atoms with Crippen LogP contribution in [0.2, 0.25) is 10.0 Å². The molecule has 0 heterocycles. The van der Waals surface area contributed by atoms with Gasteiger partial charge >= 0.3 is 5.97 Å². The van der Waals surface area contributed by atoms with Crippen LogP contribution in [-0.4, -0.2) is 31.9 Å². The lowest BCUT2D eigenvalue weighted by Crippen LogP contribution is -2.25. The Balaban J connectivity index is 2.61. The molecule has 0 aliphatic heterocycles. The van der Waals surface area contributed by atoms with E-state index in [2.05, 4.69) is 5.32 Å². The number of benzene rings is 1. The molecule has 8 heteroatoms. The molecule has 1 aromatic carbocycles. The maximum absolute atomic E-state index is 12.0. The summed E-state index contributed by atoms with van der Waals surface area (Å²) >= 11 is 11.6. The van der Waals surface area contributed by atoms with Gasteiger partial charge in [-0.1, -0.05) is 29.3 Å². The fourth-order valence-electron chi connectivity index (χ4n) is 1.37. The van der Waals surface area contributed by atoms with E-state index >= 15 is 0 Å². The topological polar surface area (TPSA) is 83.5 Å². The lowest BCUT2D eigenvalue weighted by Gasteiger charge is -2.08. The summed E-state index contributed by atoms with van der Waals surface area (Å²) < 4.78 is 24.0. The third-order valence-corrected chi connectivity index (χ3v) is 4.81. The molecule has 0 fully saturated rings. The fourth-order valence-corrected chi connectivity index (χ4v) is 3.32. The van der Waals surface area contributed by atoms with E-state index in [9.17, 15) is 13.2 Å². The number of carbonyl (C=O) groups is 1. The molecule has 0 amide bonds. The zero-order valence-corrected chi connectivity index (χ0v) is 12.2. The Morgan fingerprint density at radius 1 is 1.32 bits per heavy atom. The Morgan fingerprint density at radius 3 is 2.63 bits per heavy atom. The van der Waals surface area contributed by atoms with Crippen LogP contribution in [-0.2, 0) is 14.6 Å². The first-order valence-corrected chi connectivity index (χ1v) is 7.84. The SMILES string of the molecule is O=C(O)CCCNCS(=O)(=O)c1cccc(Cl)c1Cl. The first-order valence-electron chi connectivity index (χ1n) is 5.44. The second-order valence-electron chi connectivity index (χ2n) is 3.81. The number of rotatable bonds is 7. The normalized spacial score (nSPS) is 11.5. The Hall–Kier alpha value is -0.820. The molecule has 19 heavy (non-hydrogen) atoms. The van der Waals surface area contributed by atoms with Crippen molar-refractivity contribution in [1.29, 1.82) is 0 Å². The van der Waals surface area contributed by atoms with Crippen molar-refractivity contribution >= 4 is 39.0 Å². The van der Waals surface area contributed by atoms with Gasteiger partial charge in [-0.25, -0.2) is 8.42 Å². The highest BCUT2D eigenvalue weighted by molar-refractivity contribution is 7.91. The molecule has 1 rings (SSSR count). The van der Waals surface area contributed by atoms with Gasteiger partial charge in [0, 0.05) is 6.42 Å². The third-order valence-electron chi connectivity index (χ3n) is 2.29. The van der Waals surface area contributed by atoms with Gasteiger partial charge in [0.25, 0.3) is 0 Å². The van der Waals surface area contributed by atoms with Crippen molar-refractivity contribution in [3.63, 3.8) is 0 Å². The summed E-state index contributed by atoms with van der Waals surface area (Å²) in [6.07, 6.45) is 0.346. The van der Waals surface area contributed by atoms with E-state index in [-0.39, 0.29) is 27.2 Å². The smallest absolute Gasteiger partial charge is 0.303 e. The summed E-state index contributed by atoms with van der Waals surface area (Å²) in [5.74, 6) is -1.23. The Labute approximate surface area is 121 Å². The summed E-state index contributed by atoms with van der Waals surface area (Å²) in [6.45, 7) is 0.295. The van der Waals surface area contributed by atoms with Crippen molar-refractivity contribution in [3.05, 3.63) is 28.2 Å². The third kappa shape index (κ3) is 4.99. The molecule has 0 spiro atoms. The average Bonchev–Trinajstić information content (AvgIpc) is 2.31. The number of carboxylic acids is 1. The van der Waals surface area contributed by atoms with Gasteiger partial charge < -0.3 is 10.4 Å². The van der Waals surface area contributed by atoms with Crippen LogP contribution < -0.4 is 5.32 Å². The van der Waals surface area contributed by atoms with Crippen LogP contribution in [0.5, 0.6) is 0 Å². The molecular weight excluding hydrogens is 313 g/mol. The first kappa shape index (κ1) is 16.2. The van der Waals surface area contributed by atoms with Crippen LogP contribution in [0.25, 0.3) is 0 Å². The van der Waals surface area contributed by atoms with Gasteiger partial charge in [0.2, 0.25) is 0 Å². The van der Waals surface area contributed by atoms with Crippen LogP contribution in [0.15, 0.2) is 23.1 Å². The molecule has 0 aliphatic carbocycles. The minimum atomic E-state index is -3.59. The predicted molar refractivity (Wildman–Crippen MR) is 73.4 cm³/mol. The van der Waals surface area contributed by atoms with Gasteiger partial charge in [-0.05, 0) is 25.1 Å². The maximum atomic E-state index is 12.0. The molecule has 0 aromatic heterocycles. The van der Waals surface area contributed by atoms with Crippen molar-refractivity contribution in [3.8, 4) is 0 Å². The van der Waals surface area contributed by atoms with Gasteiger partial charge in [0.15, 0.2) is 9.84 Å². The lowest BCUT2D eigenvalue weighted by molar-refractivity contribution is -0.137. The first-order chi connectivity index (χ1) is 8.84. The van der Waals surface area contributed by atoms with E-state index in [1.54, 1.807) is 0 Å². The highest BCUT2D eigenvalue weighted by Gasteiger charge is 2.19. The van der Waals surface area contributed by atoms with Crippen LogP contribution in [0.4, 0.5) is 0 Å². The highest BCUT2D eigenvalue weighted by Crippen LogP contribution is 2.29. The molecule has 0 saturated heterocycles. The number of hydrogen-bond donors (Lipinski definition) is 2. The molecule has 5 nitrogen and oxygen atoms in total. The van der Waals surface area contributed by atoms with Crippen LogP contribution in [0.3, 0.4) is 0 Å². The summed E-state index contributed by atoms with van der Waals surface area (Å²) in [7, 11) is -3.59. The molecule has 106 valence electrons. The van der Waals surface area contributed by atoms with Crippen molar-refractivity contribution in [2.75, 3.05) is 12.4 Å². The summed E-state index contributed by atoms with van der Waals surface area (Å²) in [5.41, 5.74) is 0. The zero-order chi connectivity index (χ0) is 14.5. The number of carboxylic acid groups (broad SMARTS) is 1. The fraction of sp³-hybridized carbons (Fsp3) is 0.364. The minimum Gasteiger partial charge on any atom is -0.481 e. The Bertz CT molecular complexity index is 560. The number of nitrogens with one attached hydrogen (secondary N) is 1. The van der Waals surface area contributed by atoms with E-state index in [1.807, 2.05) is 0 Å². The van der Waals surface area contributed by atoms with Gasteiger partial charge in [-0.2, -0.15) is 0 Å². The summed E-state index contributed by atoms with van der Waals surface area (Å²) in [5, 5.41) is 11.3. The van der Waals surface area contributed by atoms with Gasteiger partial charge in [-0.3, -0.25) is 4.79 Å². The van der Waals surface area contributed by atoms with Crippen molar-refractivity contribution in [2.24, 2.45) is 0 Å². The Morgan fingerprint density at radius 2 is 2.00 bits per heavy atom. The molecule has 0 bridgehead atoms. The standard InChI is InChI=1S/C11H13Cl2NO4S/c12-8-3-1-4-9(11(8)13)19(17,18)7-14-6-2-5-10(15)16/h1,3-4,14H,2,5-7H2,(H,15,16). The van der Waals surface area contributed by atoms with E-state index < -0.39 is 15.8 Å². The second-order valence-corrected chi connectivity index (χ2v) is 6.55. The predicted octanol–water partition coefficient (Wildman–Crippen LogP) is 2.18. The lowest BCUT2D eigenvalue weighted by atomic mass is 10.3. The molecule has 2 N–H and O–H groups in total. The minimum absolute atomic E-state index is 0.00324. The largest absolute Gasteiger partial charge is 0.481 e. The monoisotopic (exact) mass is 325 g/mol. The van der Waals surface area contributed by atoms with Gasteiger partial charge in [-0.15, -0.1) is 0 Å². The molecular formula is C11H13Cl2NO4S. The van der Waals surface area contributed by atoms with Crippen LogP contribution in [0, 0.1) is 0 Å². The quantitative estimate of drug-likeness (QED) is 0.751. The Kier molecular flexibility index (Phi) is 6.06.